The quantitative estimate of drug-likeness (QED) is 0.236. The molecule has 194 valence electrons. The van der Waals surface area contributed by atoms with Gasteiger partial charge in [-0.2, -0.15) is 0 Å². The third-order valence-electron chi connectivity index (χ3n) is 6.64. The molecular formula is C32H39N3OS. The van der Waals surface area contributed by atoms with Crippen molar-refractivity contribution in [2.45, 2.75) is 68.7 Å². The molecule has 4 rings (SSSR count). The largest absolute Gasteiger partial charge is 0.352 e. The Kier molecular flexibility index (Phi) is 10.4. The van der Waals surface area contributed by atoms with Crippen molar-refractivity contribution < 1.29 is 4.79 Å². The number of nitrogens with zero attached hydrogens (tertiary/aromatic N) is 2. The molecule has 37 heavy (non-hydrogen) atoms. The number of carbonyl (C=O) groups is 1. The van der Waals surface area contributed by atoms with Crippen molar-refractivity contribution in [2.75, 3.05) is 19.6 Å². The van der Waals surface area contributed by atoms with Crippen LogP contribution in [-0.4, -0.2) is 36.2 Å². The molecule has 4 nitrogen and oxygen atoms in total. The topological polar surface area (TPSA) is 44.7 Å². The van der Waals surface area contributed by atoms with Gasteiger partial charge >= 0.3 is 0 Å². The number of rotatable bonds is 13. The van der Waals surface area contributed by atoms with Crippen molar-refractivity contribution in [2.24, 2.45) is 4.99 Å². The number of hydrogen-bond acceptors (Lipinski definition) is 4. The molecule has 3 aromatic rings. The van der Waals surface area contributed by atoms with Crippen LogP contribution in [0.25, 0.3) is 0 Å². The molecule has 0 spiro atoms. The van der Waals surface area contributed by atoms with E-state index in [1.54, 1.807) is 11.8 Å². The van der Waals surface area contributed by atoms with Crippen LogP contribution in [0.1, 0.15) is 73.9 Å². The van der Waals surface area contributed by atoms with Crippen LogP contribution in [0, 0.1) is 0 Å². The summed E-state index contributed by atoms with van der Waals surface area (Å²) in [6.07, 6.45) is 6.59. The maximum Gasteiger partial charge on any atom is 0.251 e. The molecular weight excluding hydrogens is 474 g/mol. The van der Waals surface area contributed by atoms with Gasteiger partial charge in [-0.25, -0.2) is 0 Å². The second-order valence-corrected chi connectivity index (χ2v) is 10.8. The fourth-order valence-electron chi connectivity index (χ4n) is 4.68. The molecule has 1 aliphatic rings. The molecule has 0 radical (unpaired) electrons. The lowest BCUT2D eigenvalue weighted by molar-refractivity contribution is 0.0951. The summed E-state index contributed by atoms with van der Waals surface area (Å²) < 4.78 is 0. The number of fused-ring (bicyclic) bond motifs is 2. The summed E-state index contributed by atoms with van der Waals surface area (Å²) in [5, 5.41) is 3.14. The van der Waals surface area contributed by atoms with Crippen molar-refractivity contribution in [1.82, 2.24) is 10.2 Å². The highest BCUT2D eigenvalue weighted by molar-refractivity contribution is 7.99. The predicted octanol–water partition coefficient (Wildman–Crippen LogP) is 7.88. The molecule has 0 aliphatic carbocycles. The molecule has 1 amide bonds. The lowest BCUT2D eigenvalue weighted by Crippen LogP contribution is -2.30. The number of carbonyl (C=O) groups excluding carboxylic acids is 1. The smallest absolute Gasteiger partial charge is 0.251 e. The molecule has 0 aromatic heterocycles. The fourth-order valence-corrected chi connectivity index (χ4v) is 5.71. The van der Waals surface area contributed by atoms with Crippen LogP contribution in [-0.2, 0) is 6.54 Å². The Morgan fingerprint density at radius 1 is 0.865 bits per heavy atom. The average molecular weight is 514 g/mol. The van der Waals surface area contributed by atoms with Gasteiger partial charge in [-0.3, -0.25) is 14.7 Å². The number of aliphatic imine (C=N–C) groups is 1. The summed E-state index contributed by atoms with van der Waals surface area (Å²) in [6, 6.07) is 25.0. The predicted molar refractivity (Wildman–Crippen MR) is 156 cm³/mol. The average Bonchev–Trinajstić information content (AvgIpc) is 3.07. The number of amides is 1. The van der Waals surface area contributed by atoms with Gasteiger partial charge in [0.25, 0.3) is 5.91 Å². The number of unbranched alkanes of at least 4 members (excludes halogenated alkanes) is 2. The first-order valence-electron chi connectivity index (χ1n) is 13.7. The van der Waals surface area contributed by atoms with E-state index >= 15 is 0 Å². The molecule has 0 atom stereocenters. The third-order valence-corrected chi connectivity index (χ3v) is 7.79. The maximum absolute atomic E-state index is 13.0. The summed E-state index contributed by atoms with van der Waals surface area (Å²) in [4.78, 5) is 22.9. The highest BCUT2D eigenvalue weighted by Gasteiger charge is 2.18. The van der Waals surface area contributed by atoms with E-state index in [1.807, 2.05) is 18.2 Å². The van der Waals surface area contributed by atoms with Crippen molar-refractivity contribution >= 4 is 29.1 Å². The lowest BCUT2D eigenvalue weighted by Gasteiger charge is -2.22. The van der Waals surface area contributed by atoms with Crippen molar-refractivity contribution in [3.63, 3.8) is 0 Å². The molecule has 0 fully saturated rings. The van der Waals surface area contributed by atoms with E-state index in [2.05, 4.69) is 78.7 Å². The van der Waals surface area contributed by atoms with Crippen LogP contribution < -0.4 is 5.32 Å². The Balaban J connectivity index is 1.36. The van der Waals surface area contributed by atoms with E-state index in [-0.39, 0.29) is 5.91 Å². The van der Waals surface area contributed by atoms with Crippen LogP contribution in [0.15, 0.2) is 87.6 Å². The molecule has 0 saturated carbocycles. The molecule has 0 bridgehead atoms. The Labute approximate surface area is 226 Å². The molecule has 0 saturated heterocycles. The van der Waals surface area contributed by atoms with Gasteiger partial charge in [0, 0.05) is 46.3 Å². The van der Waals surface area contributed by atoms with Crippen molar-refractivity contribution in [3.05, 3.63) is 89.5 Å². The first-order valence-corrected chi connectivity index (χ1v) is 14.5. The van der Waals surface area contributed by atoms with Crippen LogP contribution in [0.3, 0.4) is 0 Å². The van der Waals surface area contributed by atoms with E-state index in [9.17, 15) is 4.79 Å². The Morgan fingerprint density at radius 2 is 1.65 bits per heavy atom. The van der Waals surface area contributed by atoms with E-state index in [0.717, 1.165) is 55.2 Å². The first-order chi connectivity index (χ1) is 18.2. The van der Waals surface area contributed by atoms with E-state index in [0.29, 0.717) is 12.1 Å². The van der Waals surface area contributed by atoms with Crippen molar-refractivity contribution in [1.29, 1.82) is 0 Å². The zero-order chi connectivity index (χ0) is 25.9. The van der Waals surface area contributed by atoms with Gasteiger partial charge in [0.15, 0.2) is 0 Å². The second kappa shape index (κ2) is 14.2. The molecule has 0 unspecified atom stereocenters. The monoisotopic (exact) mass is 513 g/mol. The minimum absolute atomic E-state index is 0.0256. The van der Waals surface area contributed by atoms with Crippen LogP contribution in [0.4, 0.5) is 5.69 Å². The Bertz CT molecular complexity index is 1190. The molecule has 1 heterocycles. The highest BCUT2D eigenvalue weighted by atomic mass is 32.2. The number of benzene rings is 3. The Hall–Kier alpha value is -2.89. The van der Waals surface area contributed by atoms with E-state index < -0.39 is 0 Å². The molecule has 1 N–H and O–H groups in total. The standard InChI is InChI=1S/C32H39N3OS/c1-3-5-11-21-35(24-25-14-7-6-8-15-25)22-12-20-33-32(36)26-18-19-31-29(23-26)34-28(13-4-2)27-16-9-10-17-30(27)37-31/h6-10,14-19,23H,3-5,11-13,20-22,24H2,1-2H3,(H,33,36). The molecule has 3 aromatic carbocycles. The van der Waals surface area contributed by atoms with Gasteiger partial charge in [-0.15, -0.1) is 0 Å². The minimum Gasteiger partial charge on any atom is -0.352 e. The van der Waals surface area contributed by atoms with Crippen LogP contribution in [0.5, 0.6) is 0 Å². The Morgan fingerprint density at radius 3 is 2.46 bits per heavy atom. The van der Waals surface area contributed by atoms with Crippen LogP contribution in [0.2, 0.25) is 0 Å². The maximum atomic E-state index is 13.0. The normalized spacial score (nSPS) is 12.5. The zero-order valence-electron chi connectivity index (χ0n) is 22.2. The van der Waals surface area contributed by atoms with E-state index in [1.165, 1.54) is 35.3 Å². The van der Waals surface area contributed by atoms with Gasteiger partial charge in [-0.1, -0.05) is 93.4 Å². The number of nitrogens with one attached hydrogen (secondary N) is 1. The van der Waals surface area contributed by atoms with Gasteiger partial charge in [0.1, 0.15) is 0 Å². The fraction of sp³-hybridized carbons (Fsp3) is 0.375. The van der Waals surface area contributed by atoms with E-state index in [4.69, 9.17) is 4.99 Å². The third kappa shape index (κ3) is 7.80. The van der Waals surface area contributed by atoms with Gasteiger partial charge in [0.2, 0.25) is 0 Å². The first kappa shape index (κ1) is 27.2. The lowest BCUT2D eigenvalue weighted by atomic mass is 10.1. The zero-order valence-corrected chi connectivity index (χ0v) is 23.0. The van der Waals surface area contributed by atoms with Gasteiger partial charge in [-0.05, 0) is 55.6 Å². The molecule has 5 heteroatoms. The number of hydrogen-bond donors (Lipinski definition) is 1. The molecule has 1 aliphatic heterocycles. The van der Waals surface area contributed by atoms with Gasteiger partial charge < -0.3 is 5.32 Å². The SMILES string of the molecule is CCCCCN(CCCNC(=O)c1ccc2c(c1)N=C(CCC)c1ccccc1S2)Cc1ccccc1. The summed E-state index contributed by atoms with van der Waals surface area (Å²) >= 11 is 1.73. The van der Waals surface area contributed by atoms with Crippen LogP contribution >= 0.6 is 11.8 Å². The summed E-state index contributed by atoms with van der Waals surface area (Å²) in [7, 11) is 0. The second-order valence-electron chi connectivity index (χ2n) is 9.67. The van der Waals surface area contributed by atoms with Gasteiger partial charge in [0.05, 0.1) is 5.69 Å². The van der Waals surface area contributed by atoms with Crippen molar-refractivity contribution in [3.8, 4) is 0 Å². The highest BCUT2D eigenvalue weighted by Crippen LogP contribution is 2.41. The minimum atomic E-state index is -0.0256. The summed E-state index contributed by atoms with van der Waals surface area (Å²) in [5.41, 5.74) is 5.21. The summed E-state index contributed by atoms with van der Waals surface area (Å²) in [5.74, 6) is -0.0256. The summed E-state index contributed by atoms with van der Waals surface area (Å²) in [6.45, 7) is 8.12.